The summed E-state index contributed by atoms with van der Waals surface area (Å²) < 4.78 is 53.4. The number of morpholine rings is 1. The average Bonchev–Trinajstić information content (AvgIpc) is 2.85. The van der Waals surface area contributed by atoms with E-state index in [0.29, 0.717) is 49.0 Å². The first-order valence-corrected chi connectivity index (χ1v) is 12.5. The van der Waals surface area contributed by atoms with E-state index in [2.05, 4.69) is 10.0 Å². The summed E-state index contributed by atoms with van der Waals surface area (Å²) in [5, 5.41) is 2.66. The first-order chi connectivity index (χ1) is 16.8. The molecule has 8 nitrogen and oxygen atoms in total. The maximum absolute atomic E-state index is 14.7. The molecule has 0 aromatic heterocycles. The molecule has 10 heteroatoms. The zero-order valence-corrected chi connectivity index (χ0v) is 20.2. The van der Waals surface area contributed by atoms with E-state index >= 15 is 0 Å². The molecule has 0 saturated carbocycles. The highest BCUT2D eigenvalue weighted by Gasteiger charge is 2.20. The minimum atomic E-state index is -3.95. The molecule has 2 N–H and O–H groups in total. The van der Waals surface area contributed by atoms with Crippen molar-refractivity contribution in [1.29, 1.82) is 0 Å². The molecule has 1 saturated heterocycles. The first kappa shape index (κ1) is 24.5. The summed E-state index contributed by atoms with van der Waals surface area (Å²) in [6, 6.07) is 15.2. The van der Waals surface area contributed by atoms with E-state index in [4.69, 9.17) is 9.47 Å². The SMILES string of the molecule is COc1ccc(NS(=O)(=O)c2ccc(C)c(C(=O)Nc3ccc(N4CCOCC4)c(F)c3)c2)cc1. The van der Waals surface area contributed by atoms with Crippen molar-refractivity contribution in [3.8, 4) is 5.75 Å². The largest absolute Gasteiger partial charge is 0.497 e. The van der Waals surface area contributed by atoms with Gasteiger partial charge in [-0.3, -0.25) is 9.52 Å². The lowest BCUT2D eigenvalue weighted by atomic mass is 10.1. The van der Waals surface area contributed by atoms with Crippen LogP contribution in [0, 0.1) is 12.7 Å². The Hall–Kier alpha value is -3.63. The number of halogens is 1. The minimum Gasteiger partial charge on any atom is -0.497 e. The van der Waals surface area contributed by atoms with Crippen LogP contribution in [0.15, 0.2) is 65.6 Å². The van der Waals surface area contributed by atoms with Gasteiger partial charge in [0.05, 0.1) is 30.9 Å². The highest BCUT2D eigenvalue weighted by molar-refractivity contribution is 7.92. The van der Waals surface area contributed by atoms with E-state index in [1.807, 2.05) is 4.90 Å². The summed E-state index contributed by atoms with van der Waals surface area (Å²) in [4.78, 5) is 14.8. The quantitative estimate of drug-likeness (QED) is 0.510. The number of aryl methyl sites for hydroxylation is 1. The Morgan fingerprint density at radius 2 is 1.69 bits per heavy atom. The topological polar surface area (TPSA) is 97.0 Å². The Morgan fingerprint density at radius 1 is 1.00 bits per heavy atom. The summed E-state index contributed by atoms with van der Waals surface area (Å²) >= 11 is 0. The number of carbonyl (C=O) groups is 1. The van der Waals surface area contributed by atoms with Gasteiger partial charge in [-0.2, -0.15) is 0 Å². The van der Waals surface area contributed by atoms with Gasteiger partial charge in [-0.05, 0) is 67.1 Å². The van der Waals surface area contributed by atoms with Crippen molar-refractivity contribution < 1.29 is 27.1 Å². The molecular weight excluding hydrogens is 473 g/mol. The average molecular weight is 500 g/mol. The van der Waals surface area contributed by atoms with Crippen LogP contribution in [0.3, 0.4) is 0 Å². The number of nitrogens with one attached hydrogen (secondary N) is 2. The Kier molecular flexibility index (Phi) is 7.23. The van der Waals surface area contributed by atoms with Crippen LogP contribution in [0.1, 0.15) is 15.9 Å². The maximum Gasteiger partial charge on any atom is 0.261 e. The number of hydrogen-bond donors (Lipinski definition) is 2. The molecule has 1 fully saturated rings. The molecule has 3 aromatic carbocycles. The lowest BCUT2D eigenvalue weighted by molar-refractivity contribution is 0.102. The van der Waals surface area contributed by atoms with Gasteiger partial charge in [-0.1, -0.05) is 6.07 Å². The number of sulfonamides is 1. The Labute approximate surface area is 203 Å². The van der Waals surface area contributed by atoms with Gasteiger partial charge in [-0.25, -0.2) is 12.8 Å². The van der Waals surface area contributed by atoms with Crippen LogP contribution < -0.4 is 19.7 Å². The third-order valence-electron chi connectivity index (χ3n) is 5.66. The highest BCUT2D eigenvalue weighted by Crippen LogP contribution is 2.25. The Balaban J connectivity index is 1.51. The van der Waals surface area contributed by atoms with Crippen molar-refractivity contribution in [2.75, 3.05) is 48.4 Å². The smallest absolute Gasteiger partial charge is 0.261 e. The monoisotopic (exact) mass is 499 g/mol. The number of ether oxygens (including phenoxy) is 2. The number of methoxy groups -OCH3 is 1. The molecular formula is C25H26FN3O5S. The third kappa shape index (κ3) is 5.72. The van der Waals surface area contributed by atoms with E-state index in [-0.39, 0.29) is 16.1 Å². The van der Waals surface area contributed by atoms with Gasteiger partial charge < -0.3 is 19.7 Å². The van der Waals surface area contributed by atoms with Gasteiger partial charge in [0.15, 0.2) is 0 Å². The lowest BCUT2D eigenvalue weighted by Gasteiger charge is -2.29. The van der Waals surface area contributed by atoms with Crippen molar-refractivity contribution in [2.45, 2.75) is 11.8 Å². The van der Waals surface area contributed by atoms with Crippen molar-refractivity contribution in [1.82, 2.24) is 0 Å². The van der Waals surface area contributed by atoms with Gasteiger partial charge in [0.25, 0.3) is 15.9 Å². The molecule has 0 atom stereocenters. The standard InChI is InChI=1S/C25H26FN3O5S/c1-17-3-9-21(35(31,32)28-18-4-7-20(33-2)8-5-18)16-22(17)25(30)27-19-6-10-24(23(26)15-19)29-11-13-34-14-12-29/h3-10,15-16,28H,11-14H2,1-2H3,(H,27,30). The first-order valence-electron chi connectivity index (χ1n) is 11.0. The van der Waals surface area contributed by atoms with Crippen LogP contribution in [-0.4, -0.2) is 47.7 Å². The fraction of sp³-hybridized carbons (Fsp3) is 0.240. The Morgan fingerprint density at radius 3 is 2.34 bits per heavy atom. The van der Waals surface area contributed by atoms with E-state index < -0.39 is 21.7 Å². The van der Waals surface area contributed by atoms with Gasteiger partial charge >= 0.3 is 0 Å². The molecule has 4 rings (SSSR count). The summed E-state index contributed by atoms with van der Waals surface area (Å²) in [7, 11) is -2.43. The van der Waals surface area contributed by atoms with Crippen molar-refractivity contribution >= 4 is 33.0 Å². The summed E-state index contributed by atoms with van der Waals surface area (Å²) in [5.74, 6) is -0.402. The number of nitrogens with zero attached hydrogens (tertiary/aromatic N) is 1. The predicted octanol–water partition coefficient (Wildman–Crippen LogP) is 4.03. The molecule has 0 bridgehead atoms. The second-order valence-electron chi connectivity index (χ2n) is 8.03. The van der Waals surface area contributed by atoms with Gasteiger partial charge in [0.1, 0.15) is 11.6 Å². The van der Waals surface area contributed by atoms with Gasteiger partial charge in [0, 0.05) is 30.0 Å². The highest BCUT2D eigenvalue weighted by atomic mass is 32.2. The number of carbonyl (C=O) groups excluding carboxylic acids is 1. The third-order valence-corrected chi connectivity index (χ3v) is 7.04. The summed E-state index contributed by atoms with van der Waals surface area (Å²) in [6.45, 7) is 3.94. The summed E-state index contributed by atoms with van der Waals surface area (Å²) in [6.07, 6.45) is 0. The molecule has 0 spiro atoms. The molecule has 1 amide bonds. The predicted molar refractivity (Wildman–Crippen MR) is 132 cm³/mol. The fourth-order valence-corrected chi connectivity index (χ4v) is 4.81. The molecule has 0 radical (unpaired) electrons. The minimum absolute atomic E-state index is 0.0714. The molecule has 184 valence electrons. The number of anilines is 3. The van der Waals surface area contributed by atoms with Gasteiger partial charge in [0.2, 0.25) is 0 Å². The van der Waals surface area contributed by atoms with E-state index in [9.17, 15) is 17.6 Å². The zero-order chi connectivity index (χ0) is 25.0. The number of benzene rings is 3. The molecule has 0 unspecified atom stereocenters. The molecule has 1 aliphatic rings. The Bertz CT molecular complexity index is 1320. The number of rotatable bonds is 7. The van der Waals surface area contributed by atoms with Crippen LogP contribution in [0.2, 0.25) is 0 Å². The van der Waals surface area contributed by atoms with Crippen molar-refractivity contribution in [2.24, 2.45) is 0 Å². The van der Waals surface area contributed by atoms with E-state index in [1.54, 1.807) is 49.4 Å². The van der Waals surface area contributed by atoms with Crippen molar-refractivity contribution in [3.05, 3.63) is 77.6 Å². The molecule has 3 aromatic rings. The van der Waals surface area contributed by atoms with Crippen LogP contribution in [-0.2, 0) is 14.8 Å². The second-order valence-corrected chi connectivity index (χ2v) is 9.71. The number of hydrogen-bond acceptors (Lipinski definition) is 6. The lowest BCUT2D eigenvalue weighted by Crippen LogP contribution is -2.36. The van der Waals surface area contributed by atoms with Gasteiger partial charge in [-0.15, -0.1) is 0 Å². The maximum atomic E-state index is 14.7. The van der Waals surface area contributed by atoms with Crippen molar-refractivity contribution in [3.63, 3.8) is 0 Å². The molecule has 1 aliphatic heterocycles. The van der Waals surface area contributed by atoms with Crippen LogP contribution in [0.4, 0.5) is 21.5 Å². The zero-order valence-electron chi connectivity index (χ0n) is 19.4. The van der Waals surface area contributed by atoms with Crippen LogP contribution in [0.5, 0.6) is 5.75 Å². The molecule has 1 heterocycles. The second kappa shape index (κ2) is 10.3. The van der Waals surface area contributed by atoms with E-state index in [0.717, 1.165) is 0 Å². The van der Waals surface area contributed by atoms with Crippen LogP contribution in [0.25, 0.3) is 0 Å². The normalized spacial score (nSPS) is 13.9. The van der Waals surface area contributed by atoms with E-state index in [1.165, 1.54) is 25.3 Å². The molecule has 0 aliphatic carbocycles. The molecule has 35 heavy (non-hydrogen) atoms. The van der Waals surface area contributed by atoms with Crippen LogP contribution >= 0.6 is 0 Å². The number of amides is 1. The fourth-order valence-electron chi connectivity index (χ4n) is 3.73. The summed E-state index contributed by atoms with van der Waals surface area (Å²) in [5.41, 5.74) is 1.82.